The van der Waals surface area contributed by atoms with Gasteiger partial charge in [0.05, 0.1) is 0 Å². The van der Waals surface area contributed by atoms with Crippen molar-refractivity contribution in [3.63, 3.8) is 0 Å². The maximum atomic E-state index is 6.72. The van der Waals surface area contributed by atoms with E-state index in [9.17, 15) is 0 Å². The van der Waals surface area contributed by atoms with Crippen molar-refractivity contribution in [1.29, 1.82) is 0 Å². The van der Waals surface area contributed by atoms with Gasteiger partial charge in [0.25, 0.3) is 0 Å². The van der Waals surface area contributed by atoms with Gasteiger partial charge in [-0.15, -0.1) is 0 Å². The van der Waals surface area contributed by atoms with Crippen LogP contribution in [0.25, 0.3) is 11.0 Å². The van der Waals surface area contributed by atoms with E-state index in [1.807, 2.05) is 18.2 Å². The monoisotopic (exact) mass is 481 g/mol. The standard InChI is InChI=1S/C12H23As3N3OP/c1-13(2)20(14(3)4,15(5)6)19-18-12-10-8-7-9-11(12)16-17-18/h7-10,20H,1-6H3. The van der Waals surface area contributed by atoms with E-state index in [-0.39, 0.29) is 0 Å². The molecule has 2 rings (SSSR count). The number of rotatable bonds is 5. The van der Waals surface area contributed by atoms with E-state index >= 15 is 0 Å². The van der Waals surface area contributed by atoms with E-state index in [1.54, 1.807) is 4.85 Å². The third-order valence-electron chi connectivity index (χ3n) is 3.28. The third-order valence-corrected chi connectivity index (χ3v) is 109. The molecule has 0 aliphatic carbocycles. The predicted octanol–water partition coefficient (Wildman–Crippen LogP) is 3.28. The molecule has 0 radical (unpaired) electrons. The Labute approximate surface area is 134 Å². The third kappa shape index (κ3) is 3.00. The van der Waals surface area contributed by atoms with Gasteiger partial charge in [-0.2, -0.15) is 0 Å². The van der Waals surface area contributed by atoms with Gasteiger partial charge in [0, 0.05) is 0 Å². The second kappa shape index (κ2) is 6.74. The number of aromatic nitrogens is 3. The van der Waals surface area contributed by atoms with Crippen molar-refractivity contribution in [3.05, 3.63) is 24.3 Å². The number of nitrogens with zero attached hydrogens (tertiary/aromatic N) is 3. The van der Waals surface area contributed by atoms with Gasteiger partial charge in [0.15, 0.2) is 0 Å². The zero-order chi connectivity index (χ0) is 14.9. The molecular weight excluding hydrogens is 458 g/mol. The van der Waals surface area contributed by atoms with Gasteiger partial charge < -0.3 is 0 Å². The molecule has 1 aromatic carbocycles. The SMILES string of the molecule is C[As](C)[PH](On1nnc2ccccc21)([As](C)C)[As](C)C. The first-order valence-corrected chi connectivity index (χ1v) is 27.9. The second-order valence-corrected chi connectivity index (χ2v) is 58.7. The van der Waals surface area contributed by atoms with Gasteiger partial charge in [-0.3, -0.25) is 0 Å². The number of benzene rings is 1. The average Bonchev–Trinajstić information content (AvgIpc) is 2.77. The molecule has 2 aromatic rings. The van der Waals surface area contributed by atoms with Gasteiger partial charge in [-0.05, 0) is 0 Å². The summed E-state index contributed by atoms with van der Waals surface area (Å²) in [6, 6.07) is 8.09. The predicted molar refractivity (Wildman–Crippen MR) is 94.9 cm³/mol. The van der Waals surface area contributed by atoms with Crippen LogP contribution in [0.2, 0.25) is 34.3 Å². The normalized spacial score (nSPS) is 13.7. The van der Waals surface area contributed by atoms with Crippen LogP contribution in [0, 0.1) is 0 Å². The Kier molecular flexibility index (Phi) is 5.69. The van der Waals surface area contributed by atoms with Gasteiger partial charge in [0.1, 0.15) is 0 Å². The molecular formula is C12H23As3N3OP. The van der Waals surface area contributed by atoms with E-state index < -0.39 is 45.8 Å². The first kappa shape index (κ1) is 16.9. The summed E-state index contributed by atoms with van der Waals surface area (Å²) in [5, 5.41) is 8.52. The van der Waals surface area contributed by atoms with Crippen LogP contribution >= 0.6 is 3.17 Å². The minimum atomic E-state index is -1.55. The van der Waals surface area contributed by atoms with E-state index in [0.717, 1.165) is 11.0 Å². The van der Waals surface area contributed by atoms with E-state index in [2.05, 4.69) is 50.6 Å². The van der Waals surface area contributed by atoms with Crippen LogP contribution in [-0.2, 0) is 0 Å². The summed E-state index contributed by atoms with van der Waals surface area (Å²) in [6.07, 6.45) is 0. The molecule has 8 heteroatoms. The topological polar surface area (TPSA) is 39.9 Å². The van der Waals surface area contributed by atoms with Crippen molar-refractivity contribution >= 4 is 56.8 Å². The number of hydrogen-bond acceptors (Lipinski definition) is 3. The summed E-state index contributed by atoms with van der Waals surface area (Å²) in [5.41, 5.74) is 16.9. The van der Waals surface area contributed by atoms with Gasteiger partial charge in [-0.1, -0.05) is 0 Å². The summed E-state index contributed by atoms with van der Waals surface area (Å²) >= 11 is -2.63. The Morgan fingerprint density at radius 3 is 2.05 bits per heavy atom. The fourth-order valence-corrected chi connectivity index (χ4v) is 104. The van der Waals surface area contributed by atoms with Crippen LogP contribution in [0.5, 0.6) is 0 Å². The Hall–Kier alpha value is 0.525. The molecule has 0 atom stereocenters. The summed E-state index contributed by atoms with van der Waals surface area (Å²) < 4.78 is 5.16. The van der Waals surface area contributed by atoms with Crippen molar-refractivity contribution in [2.24, 2.45) is 0 Å². The van der Waals surface area contributed by atoms with Crippen LogP contribution in [0.4, 0.5) is 0 Å². The van der Waals surface area contributed by atoms with Crippen LogP contribution in [0.3, 0.4) is 0 Å². The number of fused-ring (bicyclic) bond motifs is 1. The molecule has 1 heterocycles. The van der Waals surface area contributed by atoms with E-state index in [1.165, 1.54) is 0 Å². The van der Waals surface area contributed by atoms with Gasteiger partial charge in [-0.25, -0.2) is 0 Å². The number of hydrogen-bond donors (Lipinski definition) is 0. The van der Waals surface area contributed by atoms with Crippen LogP contribution in [0.15, 0.2) is 24.3 Å². The van der Waals surface area contributed by atoms with Crippen molar-refractivity contribution < 1.29 is 4.62 Å². The van der Waals surface area contributed by atoms with Crippen LogP contribution < -0.4 is 4.62 Å². The van der Waals surface area contributed by atoms with E-state index in [0.29, 0.717) is 0 Å². The molecule has 0 saturated carbocycles. The fraction of sp³-hybridized carbons (Fsp3) is 0.500. The van der Waals surface area contributed by atoms with Gasteiger partial charge >= 0.3 is 135 Å². The first-order chi connectivity index (χ1) is 9.39. The van der Waals surface area contributed by atoms with Crippen molar-refractivity contribution in [2.75, 3.05) is 0 Å². The molecule has 20 heavy (non-hydrogen) atoms. The fourth-order valence-electron chi connectivity index (χ4n) is 2.48. The van der Waals surface area contributed by atoms with E-state index in [4.69, 9.17) is 4.62 Å². The Morgan fingerprint density at radius 2 is 1.50 bits per heavy atom. The zero-order valence-electron chi connectivity index (χ0n) is 12.9. The van der Waals surface area contributed by atoms with Crippen molar-refractivity contribution in [2.45, 2.75) is 34.3 Å². The Bertz CT molecular complexity index is 566. The number of para-hydroxylation sites is 1. The molecule has 0 unspecified atom stereocenters. The van der Waals surface area contributed by atoms with Crippen molar-refractivity contribution in [3.8, 4) is 0 Å². The molecule has 0 saturated heterocycles. The molecule has 0 aliphatic heterocycles. The molecule has 0 fully saturated rings. The Balaban J connectivity index is 2.47. The maximum absolute atomic E-state index is 6.72. The molecule has 0 aliphatic rings. The molecule has 0 N–H and O–H groups in total. The quantitative estimate of drug-likeness (QED) is 0.487. The van der Waals surface area contributed by atoms with Crippen molar-refractivity contribution in [1.82, 2.24) is 15.2 Å². The average molecular weight is 481 g/mol. The summed E-state index contributed by atoms with van der Waals surface area (Å²) in [5.74, 6) is 0. The van der Waals surface area contributed by atoms with Gasteiger partial charge in [0.2, 0.25) is 0 Å². The van der Waals surface area contributed by atoms with Crippen LogP contribution in [-0.4, -0.2) is 57.7 Å². The molecule has 0 spiro atoms. The molecule has 1 aromatic heterocycles. The summed E-state index contributed by atoms with van der Waals surface area (Å²) in [7, 11) is 0. The molecule has 0 amide bonds. The van der Waals surface area contributed by atoms with Crippen LogP contribution in [0.1, 0.15) is 0 Å². The summed E-state index contributed by atoms with van der Waals surface area (Å²) in [6.45, 7) is 0. The zero-order valence-corrected chi connectivity index (χ0v) is 19.5. The summed E-state index contributed by atoms with van der Waals surface area (Å²) in [4.78, 5) is 1.76. The second-order valence-electron chi connectivity index (χ2n) is 5.30. The Morgan fingerprint density at radius 1 is 0.950 bits per heavy atom. The minimum absolute atomic E-state index is 0.877. The first-order valence-electron chi connectivity index (χ1n) is 6.42. The molecule has 0 bridgehead atoms. The molecule has 112 valence electrons. The molecule has 4 nitrogen and oxygen atoms in total.